The SMILES string of the molecule is Cc1c(-c2[nH]c(-c3ccccc3CN=C(N)N)c(-c3ccccc3)c2C)[nH]c(CN=C(N)N)c1-c1ccccc1. The third kappa shape index (κ3) is 5.19. The largest absolute Gasteiger partial charge is 0.370 e. The first-order valence-corrected chi connectivity index (χ1v) is 13.1. The van der Waals surface area contributed by atoms with Crippen LogP contribution in [0.1, 0.15) is 22.4 Å². The van der Waals surface area contributed by atoms with E-state index in [1.165, 1.54) is 0 Å². The van der Waals surface area contributed by atoms with E-state index in [0.29, 0.717) is 13.1 Å². The van der Waals surface area contributed by atoms with E-state index in [1.54, 1.807) is 0 Å². The number of H-pyrrole nitrogens is 2. The molecule has 0 unspecified atom stereocenters. The van der Waals surface area contributed by atoms with E-state index in [0.717, 1.165) is 67.3 Å². The first kappa shape index (κ1) is 26.4. The van der Waals surface area contributed by atoms with Crippen molar-refractivity contribution in [2.75, 3.05) is 0 Å². The molecule has 3 aromatic carbocycles. The lowest BCUT2D eigenvalue weighted by Crippen LogP contribution is -2.22. The van der Waals surface area contributed by atoms with Crippen molar-refractivity contribution < 1.29 is 0 Å². The molecule has 0 aliphatic rings. The molecule has 0 fully saturated rings. The summed E-state index contributed by atoms with van der Waals surface area (Å²) >= 11 is 0. The monoisotopic (exact) mass is 530 g/mol. The maximum absolute atomic E-state index is 5.70. The van der Waals surface area contributed by atoms with Crippen LogP contribution in [0.15, 0.2) is 94.9 Å². The first-order chi connectivity index (χ1) is 19.3. The van der Waals surface area contributed by atoms with Crippen LogP contribution in [-0.4, -0.2) is 21.9 Å². The number of aliphatic imine (C=N–C) groups is 2. The Morgan fingerprint density at radius 2 is 1.07 bits per heavy atom. The summed E-state index contributed by atoms with van der Waals surface area (Å²) < 4.78 is 0. The molecular formula is C32H34N8. The zero-order chi connectivity index (χ0) is 28.2. The molecule has 0 aliphatic carbocycles. The van der Waals surface area contributed by atoms with E-state index in [4.69, 9.17) is 22.9 Å². The number of guanidine groups is 2. The van der Waals surface area contributed by atoms with Gasteiger partial charge in [0.1, 0.15) is 0 Å². The number of hydrogen-bond acceptors (Lipinski definition) is 2. The normalized spacial score (nSPS) is 10.8. The number of aromatic amines is 2. The van der Waals surface area contributed by atoms with Gasteiger partial charge in [0.05, 0.1) is 30.2 Å². The fourth-order valence-corrected chi connectivity index (χ4v) is 5.28. The van der Waals surface area contributed by atoms with Gasteiger partial charge in [0.25, 0.3) is 0 Å². The summed E-state index contributed by atoms with van der Waals surface area (Å²) in [5.74, 6) is 0.111. The lowest BCUT2D eigenvalue weighted by atomic mass is 9.94. The minimum Gasteiger partial charge on any atom is -0.370 e. The van der Waals surface area contributed by atoms with Crippen molar-refractivity contribution in [3.8, 4) is 44.9 Å². The second-order valence-corrected chi connectivity index (χ2v) is 9.72. The van der Waals surface area contributed by atoms with Crippen molar-refractivity contribution in [3.05, 3.63) is 107 Å². The van der Waals surface area contributed by atoms with E-state index in [-0.39, 0.29) is 11.9 Å². The lowest BCUT2D eigenvalue weighted by Gasteiger charge is -2.10. The molecule has 8 nitrogen and oxygen atoms in total. The highest BCUT2D eigenvalue weighted by Crippen LogP contribution is 2.43. The number of benzene rings is 3. The van der Waals surface area contributed by atoms with E-state index in [1.807, 2.05) is 42.5 Å². The van der Waals surface area contributed by atoms with Crippen molar-refractivity contribution in [2.24, 2.45) is 32.9 Å². The van der Waals surface area contributed by atoms with E-state index >= 15 is 0 Å². The molecule has 2 heterocycles. The fraction of sp³-hybridized carbons (Fsp3) is 0.125. The van der Waals surface area contributed by atoms with Crippen LogP contribution in [0.5, 0.6) is 0 Å². The van der Waals surface area contributed by atoms with Crippen molar-refractivity contribution >= 4 is 11.9 Å². The number of hydrogen-bond donors (Lipinski definition) is 6. The lowest BCUT2D eigenvalue weighted by molar-refractivity contribution is 1.00. The summed E-state index contributed by atoms with van der Waals surface area (Å²) in [5.41, 5.74) is 35.4. The average molecular weight is 531 g/mol. The predicted molar refractivity (Wildman–Crippen MR) is 165 cm³/mol. The predicted octanol–water partition coefficient (Wildman–Crippen LogP) is 5.17. The molecule has 0 aliphatic heterocycles. The maximum Gasteiger partial charge on any atom is 0.186 e. The number of aromatic nitrogens is 2. The van der Waals surface area contributed by atoms with Gasteiger partial charge >= 0.3 is 0 Å². The quantitative estimate of drug-likeness (QED) is 0.121. The molecule has 0 amide bonds. The Morgan fingerprint density at radius 1 is 0.575 bits per heavy atom. The van der Waals surface area contributed by atoms with Crippen LogP contribution >= 0.6 is 0 Å². The molecule has 40 heavy (non-hydrogen) atoms. The molecule has 2 aromatic heterocycles. The molecule has 0 saturated heterocycles. The van der Waals surface area contributed by atoms with Crippen molar-refractivity contribution in [3.63, 3.8) is 0 Å². The number of nitrogens with one attached hydrogen (secondary N) is 2. The highest BCUT2D eigenvalue weighted by molar-refractivity contribution is 5.92. The molecule has 10 N–H and O–H groups in total. The third-order valence-electron chi connectivity index (χ3n) is 7.09. The Hall–Kier alpha value is -5.24. The van der Waals surface area contributed by atoms with Crippen molar-refractivity contribution in [2.45, 2.75) is 26.9 Å². The molecule has 0 atom stereocenters. The van der Waals surface area contributed by atoms with E-state index in [2.05, 4.69) is 76.3 Å². The Kier molecular flexibility index (Phi) is 7.41. The standard InChI is InChI=1S/C32H34N8/c1-19-26(21-11-5-3-6-12-21)25(18-38-32(35)36)39-28(19)29-20(2)27(22-13-7-4-8-14-22)30(40-29)24-16-10-9-15-23(24)17-37-31(33)34/h3-16,39-40H,17-18H2,1-2H3,(H4,33,34,37)(H4,35,36,38). The molecule has 202 valence electrons. The topological polar surface area (TPSA) is 160 Å². The summed E-state index contributed by atoms with van der Waals surface area (Å²) in [4.78, 5) is 16.0. The number of rotatable bonds is 8. The first-order valence-electron chi connectivity index (χ1n) is 13.1. The van der Waals surface area contributed by atoms with Crippen LogP contribution in [-0.2, 0) is 13.1 Å². The minimum absolute atomic E-state index is 0.0508. The molecule has 8 heteroatoms. The van der Waals surface area contributed by atoms with Crippen LogP contribution < -0.4 is 22.9 Å². The minimum atomic E-state index is 0.0508. The maximum atomic E-state index is 5.70. The van der Waals surface area contributed by atoms with Gasteiger partial charge in [0.15, 0.2) is 11.9 Å². The Morgan fingerprint density at radius 3 is 1.70 bits per heavy atom. The fourth-order valence-electron chi connectivity index (χ4n) is 5.28. The Labute approximate surface area is 233 Å². The van der Waals surface area contributed by atoms with Gasteiger partial charge in [-0.15, -0.1) is 0 Å². The summed E-state index contributed by atoms with van der Waals surface area (Å²) in [6.45, 7) is 4.99. The average Bonchev–Trinajstić information content (AvgIpc) is 3.47. The summed E-state index contributed by atoms with van der Waals surface area (Å²) in [6, 6.07) is 28.8. The number of nitrogens with two attached hydrogens (primary N) is 4. The van der Waals surface area contributed by atoms with Gasteiger partial charge in [-0.25, -0.2) is 9.98 Å². The molecule has 0 saturated carbocycles. The molecule has 0 bridgehead atoms. The van der Waals surface area contributed by atoms with Gasteiger partial charge in [-0.1, -0.05) is 84.9 Å². The molecule has 0 radical (unpaired) electrons. The molecule has 5 rings (SSSR count). The summed E-state index contributed by atoms with van der Waals surface area (Å²) in [7, 11) is 0. The second-order valence-electron chi connectivity index (χ2n) is 9.72. The van der Waals surface area contributed by atoms with E-state index < -0.39 is 0 Å². The van der Waals surface area contributed by atoms with Crippen LogP contribution in [0.2, 0.25) is 0 Å². The van der Waals surface area contributed by atoms with Gasteiger partial charge in [-0.3, -0.25) is 0 Å². The zero-order valence-electron chi connectivity index (χ0n) is 22.7. The smallest absolute Gasteiger partial charge is 0.186 e. The van der Waals surface area contributed by atoms with Gasteiger partial charge in [0, 0.05) is 22.4 Å². The van der Waals surface area contributed by atoms with Gasteiger partial charge in [-0.05, 0) is 41.7 Å². The highest BCUT2D eigenvalue weighted by Gasteiger charge is 2.24. The van der Waals surface area contributed by atoms with Gasteiger partial charge < -0.3 is 32.9 Å². The molecule has 0 spiro atoms. The summed E-state index contributed by atoms with van der Waals surface area (Å²) in [6.07, 6.45) is 0. The van der Waals surface area contributed by atoms with Crippen molar-refractivity contribution in [1.82, 2.24) is 9.97 Å². The zero-order valence-corrected chi connectivity index (χ0v) is 22.7. The van der Waals surface area contributed by atoms with E-state index in [9.17, 15) is 0 Å². The number of nitrogens with zero attached hydrogens (tertiary/aromatic N) is 2. The van der Waals surface area contributed by atoms with Crippen LogP contribution in [0.3, 0.4) is 0 Å². The van der Waals surface area contributed by atoms with Crippen LogP contribution in [0, 0.1) is 13.8 Å². The highest BCUT2D eigenvalue weighted by atomic mass is 15.0. The molecule has 5 aromatic rings. The Balaban J connectivity index is 1.76. The third-order valence-corrected chi connectivity index (χ3v) is 7.09. The second kappa shape index (κ2) is 11.2. The summed E-state index contributed by atoms with van der Waals surface area (Å²) in [5, 5.41) is 0. The van der Waals surface area contributed by atoms with Crippen molar-refractivity contribution in [1.29, 1.82) is 0 Å². The Bertz CT molecular complexity index is 1680. The van der Waals surface area contributed by atoms with Crippen LogP contribution in [0.4, 0.5) is 0 Å². The van der Waals surface area contributed by atoms with Gasteiger partial charge in [0.2, 0.25) is 0 Å². The molecular weight excluding hydrogens is 496 g/mol. The van der Waals surface area contributed by atoms with Crippen LogP contribution in [0.25, 0.3) is 44.9 Å². The van der Waals surface area contributed by atoms with Gasteiger partial charge in [-0.2, -0.15) is 0 Å².